The number of nitrogens with one attached hydrogen (secondary N) is 1. The van der Waals surface area contributed by atoms with Crippen LogP contribution in [0.4, 0.5) is 13.2 Å². The Bertz CT molecular complexity index is 641. The first-order valence-corrected chi connectivity index (χ1v) is 7.05. The van der Waals surface area contributed by atoms with Crippen LogP contribution >= 0.6 is 0 Å². The van der Waals surface area contributed by atoms with Crippen molar-refractivity contribution in [2.75, 3.05) is 13.1 Å². The number of halogens is 3. The second-order valence-corrected chi connectivity index (χ2v) is 5.53. The van der Waals surface area contributed by atoms with Crippen molar-refractivity contribution in [3.8, 4) is 0 Å². The van der Waals surface area contributed by atoms with E-state index in [0.29, 0.717) is 23.3 Å². The summed E-state index contributed by atoms with van der Waals surface area (Å²) in [7, 11) is 0. The van der Waals surface area contributed by atoms with Crippen LogP contribution in [0, 0.1) is 12.8 Å². The lowest BCUT2D eigenvalue weighted by Crippen LogP contribution is -2.30. The minimum atomic E-state index is -4.37. The summed E-state index contributed by atoms with van der Waals surface area (Å²) in [5.41, 5.74) is 0.336. The Morgan fingerprint density at radius 3 is 2.67 bits per heavy atom. The largest absolute Gasteiger partial charge is 0.431 e. The molecule has 2 aromatic rings. The van der Waals surface area contributed by atoms with Crippen LogP contribution in [0.1, 0.15) is 24.2 Å². The highest BCUT2D eigenvalue weighted by atomic mass is 19.4. The second-order valence-electron chi connectivity index (χ2n) is 5.53. The number of aromatic nitrogens is 3. The summed E-state index contributed by atoms with van der Waals surface area (Å²) in [5.74, 6) is 0.248. The van der Waals surface area contributed by atoms with Gasteiger partial charge in [-0.05, 0) is 44.8 Å². The maximum atomic E-state index is 13.3. The molecular formula is C14H17F3N4. The third-order valence-electron chi connectivity index (χ3n) is 4.08. The van der Waals surface area contributed by atoms with Gasteiger partial charge in [-0.15, -0.1) is 0 Å². The van der Waals surface area contributed by atoms with E-state index in [0.717, 1.165) is 25.9 Å². The molecule has 0 spiro atoms. The lowest BCUT2D eigenvalue weighted by Gasteiger charge is -2.24. The molecule has 0 aliphatic carbocycles. The Morgan fingerprint density at radius 1 is 1.29 bits per heavy atom. The van der Waals surface area contributed by atoms with E-state index < -0.39 is 11.9 Å². The van der Waals surface area contributed by atoms with Crippen LogP contribution in [-0.2, 0) is 12.7 Å². The summed E-state index contributed by atoms with van der Waals surface area (Å²) >= 11 is 0. The molecule has 3 heterocycles. The monoisotopic (exact) mass is 298 g/mol. The van der Waals surface area contributed by atoms with E-state index in [1.54, 1.807) is 6.92 Å². The van der Waals surface area contributed by atoms with E-state index in [9.17, 15) is 13.2 Å². The van der Waals surface area contributed by atoms with Gasteiger partial charge in [0.25, 0.3) is 0 Å². The number of nitrogens with zero attached hydrogens (tertiary/aromatic N) is 3. The number of hydrogen-bond acceptors (Lipinski definition) is 3. The predicted octanol–water partition coefficient (Wildman–Crippen LogP) is 2.76. The number of hydrogen-bond donors (Lipinski definition) is 1. The van der Waals surface area contributed by atoms with Gasteiger partial charge in [-0.1, -0.05) is 0 Å². The van der Waals surface area contributed by atoms with Crippen LogP contribution in [0.3, 0.4) is 0 Å². The number of piperidine rings is 1. The zero-order chi connectivity index (χ0) is 15.0. The SMILES string of the molecule is Cc1ncnc2c1cc(C(F)(F)F)n2CC1CCNCC1. The molecule has 0 bridgehead atoms. The maximum Gasteiger partial charge on any atom is 0.431 e. The van der Waals surface area contributed by atoms with Gasteiger partial charge in [0, 0.05) is 11.9 Å². The van der Waals surface area contributed by atoms with Crippen LogP contribution in [0.2, 0.25) is 0 Å². The van der Waals surface area contributed by atoms with E-state index in [4.69, 9.17) is 0 Å². The summed E-state index contributed by atoms with van der Waals surface area (Å²) in [6.45, 7) is 3.79. The van der Waals surface area contributed by atoms with Crippen molar-refractivity contribution in [1.82, 2.24) is 19.9 Å². The molecule has 0 saturated carbocycles. The summed E-state index contributed by atoms with van der Waals surface area (Å²) in [6.07, 6.45) is -1.27. The Kier molecular flexibility index (Phi) is 3.61. The molecule has 1 aliphatic rings. The lowest BCUT2D eigenvalue weighted by atomic mass is 9.98. The third-order valence-corrected chi connectivity index (χ3v) is 4.08. The first-order valence-electron chi connectivity index (χ1n) is 7.05. The van der Waals surface area contributed by atoms with Gasteiger partial charge in [0.1, 0.15) is 17.7 Å². The molecule has 1 aliphatic heterocycles. The molecule has 0 radical (unpaired) electrons. The summed E-state index contributed by atoms with van der Waals surface area (Å²) < 4.78 is 41.2. The van der Waals surface area contributed by atoms with Crippen LogP contribution in [0.25, 0.3) is 11.0 Å². The highest BCUT2D eigenvalue weighted by Gasteiger charge is 2.36. The molecule has 2 aromatic heterocycles. The fourth-order valence-electron chi connectivity index (χ4n) is 2.93. The van der Waals surface area contributed by atoms with E-state index >= 15 is 0 Å². The first kappa shape index (κ1) is 14.3. The quantitative estimate of drug-likeness (QED) is 0.927. The van der Waals surface area contributed by atoms with Gasteiger partial charge in [-0.3, -0.25) is 0 Å². The second kappa shape index (κ2) is 5.29. The zero-order valence-corrected chi connectivity index (χ0v) is 11.7. The minimum absolute atomic E-state index is 0.248. The van der Waals surface area contributed by atoms with Gasteiger partial charge in [-0.2, -0.15) is 13.2 Å². The Labute approximate surface area is 120 Å². The smallest absolute Gasteiger partial charge is 0.321 e. The molecule has 3 rings (SSSR count). The van der Waals surface area contributed by atoms with E-state index in [2.05, 4.69) is 15.3 Å². The van der Waals surface area contributed by atoms with Crippen molar-refractivity contribution < 1.29 is 13.2 Å². The standard InChI is InChI=1S/C14H17F3N4/c1-9-11-6-12(14(15,16)17)21(13(11)20-8-19-9)7-10-2-4-18-5-3-10/h6,8,10,18H,2-5,7H2,1H3. The van der Waals surface area contributed by atoms with Crippen LogP contribution < -0.4 is 5.32 Å². The van der Waals surface area contributed by atoms with E-state index in [1.807, 2.05) is 0 Å². The van der Waals surface area contributed by atoms with Crippen LogP contribution in [0.5, 0.6) is 0 Å². The molecular weight excluding hydrogens is 281 g/mol. The Balaban J connectivity index is 2.07. The molecule has 1 fully saturated rings. The van der Waals surface area contributed by atoms with Gasteiger partial charge in [0.05, 0.1) is 5.69 Å². The fraction of sp³-hybridized carbons (Fsp3) is 0.571. The summed E-state index contributed by atoms with van der Waals surface area (Å²) in [5, 5.41) is 3.71. The molecule has 0 aromatic carbocycles. The zero-order valence-electron chi connectivity index (χ0n) is 11.7. The van der Waals surface area contributed by atoms with Crippen molar-refractivity contribution in [1.29, 1.82) is 0 Å². The van der Waals surface area contributed by atoms with Gasteiger partial charge < -0.3 is 9.88 Å². The van der Waals surface area contributed by atoms with Crippen LogP contribution in [0.15, 0.2) is 12.4 Å². The molecule has 0 atom stereocenters. The number of rotatable bonds is 2. The summed E-state index contributed by atoms with van der Waals surface area (Å²) in [6, 6.07) is 1.17. The lowest BCUT2D eigenvalue weighted by molar-refractivity contribution is -0.143. The molecule has 114 valence electrons. The molecule has 21 heavy (non-hydrogen) atoms. The van der Waals surface area contributed by atoms with Crippen molar-refractivity contribution in [2.45, 2.75) is 32.5 Å². The van der Waals surface area contributed by atoms with Crippen molar-refractivity contribution in [3.63, 3.8) is 0 Å². The number of alkyl halides is 3. The average molecular weight is 298 g/mol. The van der Waals surface area contributed by atoms with Gasteiger partial charge >= 0.3 is 6.18 Å². The number of fused-ring (bicyclic) bond motifs is 1. The normalized spacial score (nSPS) is 17.5. The van der Waals surface area contributed by atoms with Crippen LogP contribution in [-0.4, -0.2) is 27.6 Å². The van der Waals surface area contributed by atoms with Gasteiger partial charge in [0.2, 0.25) is 0 Å². The highest BCUT2D eigenvalue weighted by Crippen LogP contribution is 2.35. The molecule has 4 nitrogen and oxygen atoms in total. The highest BCUT2D eigenvalue weighted by molar-refractivity contribution is 5.79. The summed E-state index contributed by atoms with van der Waals surface area (Å²) in [4.78, 5) is 8.07. The fourth-order valence-corrected chi connectivity index (χ4v) is 2.93. The molecule has 1 saturated heterocycles. The van der Waals surface area contributed by atoms with Gasteiger partial charge in [-0.25, -0.2) is 9.97 Å². The molecule has 7 heteroatoms. The Morgan fingerprint density at radius 2 is 2.00 bits per heavy atom. The molecule has 0 unspecified atom stereocenters. The average Bonchev–Trinajstić information content (AvgIpc) is 2.80. The van der Waals surface area contributed by atoms with Crippen molar-refractivity contribution >= 4 is 11.0 Å². The van der Waals surface area contributed by atoms with E-state index in [1.165, 1.54) is 17.0 Å². The van der Waals surface area contributed by atoms with Crippen molar-refractivity contribution in [2.24, 2.45) is 5.92 Å². The van der Waals surface area contributed by atoms with Crippen molar-refractivity contribution in [3.05, 3.63) is 23.8 Å². The van der Waals surface area contributed by atoms with Gasteiger partial charge in [0.15, 0.2) is 0 Å². The number of aryl methyl sites for hydroxylation is 1. The first-order chi connectivity index (χ1) is 9.97. The van der Waals surface area contributed by atoms with E-state index in [-0.39, 0.29) is 5.92 Å². The predicted molar refractivity (Wildman–Crippen MR) is 72.9 cm³/mol. The Hall–Kier alpha value is -1.63. The minimum Gasteiger partial charge on any atom is -0.321 e. The molecule has 1 N–H and O–H groups in total. The molecule has 0 amide bonds. The third kappa shape index (κ3) is 2.74. The maximum absolute atomic E-state index is 13.3. The topological polar surface area (TPSA) is 42.7 Å².